The first kappa shape index (κ1) is 19.5. The number of hydrogen-bond acceptors (Lipinski definition) is 4. The molecule has 1 heterocycles. The Morgan fingerprint density at radius 3 is 2.56 bits per heavy atom. The number of carbonyl (C=O) groups is 1. The van der Waals surface area contributed by atoms with E-state index < -0.39 is 0 Å². The van der Waals surface area contributed by atoms with Gasteiger partial charge in [-0.1, -0.05) is 0 Å². The maximum Gasteiger partial charge on any atom is 0.321 e. The van der Waals surface area contributed by atoms with Gasteiger partial charge in [0, 0.05) is 31.9 Å². The second-order valence-corrected chi connectivity index (χ2v) is 7.05. The maximum absolute atomic E-state index is 12.4. The number of hydrogen-bond donors (Lipinski definition) is 1. The number of carbonyl (C=O) groups excluding carboxylic acids is 1. The fourth-order valence-corrected chi connectivity index (χ4v) is 3.20. The number of aryl methyl sites for hydroxylation is 1. The number of amides is 2. The lowest BCUT2D eigenvalue weighted by molar-refractivity contribution is 0.136. The van der Waals surface area contributed by atoms with Crippen molar-refractivity contribution in [3.05, 3.63) is 23.8 Å². The van der Waals surface area contributed by atoms with Crippen molar-refractivity contribution in [2.75, 3.05) is 59.7 Å². The molecule has 0 spiro atoms. The Hall–Kier alpha value is -1.79. The van der Waals surface area contributed by atoms with Gasteiger partial charge in [0.25, 0.3) is 0 Å². The van der Waals surface area contributed by atoms with E-state index in [0.29, 0.717) is 12.6 Å². The number of benzene rings is 1. The molecule has 6 heteroatoms. The highest BCUT2D eigenvalue weighted by molar-refractivity contribution is 5.89. The van der Waals surface area contributed by atoms with Crippen LogP contribution in [0.2, 0.25) is 0 Å². The third kappa shape index (κ3) is 5.61. The molecule has 2 rings (SSSR count). The molecular formula is C19H32N4O2. The first-order valence-corrected chi connectivity index (χ1v) is 8.96. The molecule has 140 valence electrons. The van der Waals surface area contributed by atoms with Gasteiger partial charge in [-0.15, -0.1) is 0 Å². The number of ether oxygens (including phenoxy) is 1. The van der Waals surface area contributed by atoms with Crippen LogP contribution < -0.4 is 10.1 Å². The van der Waals surface area contributed by atoms with Crippen molar-refractivity contribution in [2.45, 2.75) is 25.8 Å². The van der Waals surface area contributed by atoms with Gasteiger partial charge in [-0.25, -0.2) is 4.79 Å². The summed E-state index contributed by atoms with van der Waals surface area (Å²) in [5, 5.41) is 2.95. The number of nitrogens with one attached hydrogen (secondary N) is 1. The lowest BCUT2D eigenvalue weighted by atomic mass is 10.0. The Bertz CT molecular complexity index is 571. The largest absolute Gasteiger partial charge is 0.496 e. The van der Waals surface area contributed by atoms with Gasteiger partial charge in [0.05, 0.1) is 7.11 Å². The fraction of sp³-hybridized carbons (Fsp3) is 0.632. The summed E-state index contributed by atoms with van der Waals surface area (Å²) in [4.78, 5) is 18.9. The van der Waals surface area contributed by atoms with Crippen LogP contribution in [0.25, 0.3) is 0 Å². The van der Waals surface area contributed by atoms with E-state index in [1.165, 1.54) is 12.8 Å². The SMILES string of the molecule is COc1ccc(NC(=O)N(C)CCN(C)C2CCN(C)CC2)cc1C. The zero-order chi connectivity index (χ0) is 18.4. The second kappa shape index (κ2) is 9.06. The fourth-order valence-electron chi connectivity index (χ4n) is 3.20. The Kier molecular flexibility index (Phi) is 7.08. The third-order valence-electron chi connectivity index (χ3n) is 5.09. The van der Waals surface area contributed by atoms with E-state index in [4.69, 9.17) is 4.74 Å². The molecule has 6 nitrogen and oxygen atoms in total. The van der Waals surface area contributed by atoms with E-state index in [-0.39, 0.29) is 6.03 Å². The van der Waals surface area contributed by atoms with Crippen molar-refractivity contribution in [1.29, 1.82) is 0 Å². The quantitative estimate of drug-likeness (QED) is 0.858. The van der Waals surface area contributed by atoms with Gasteiger partial charge in [-0.2, -0.15) is 0 Å². The van der Waals surface area contributed by atoms with Crippen LogP contribution in [0.15, 0.2) is 18.2 Å². The monoisotopic (exact) mass is 348 g/mol. The minimum Gasteiger partial charge on any atom is -0.496 e. The van der Waals surface area contributed by atoms with Crippen molar-refractivity contribution in [1.82, 2.24) is 14.7 Å². The molecule has 1 N–H and O–H groups in total. The van der Waals surface area contributed by atoms with Gasteiger partial charge < -0.3 is 24.8 Å². The summed E-state index contributed by atoms with van der Waals surface area (Å²) < 4.78 is 5.25. The third-order valence-corrected chi connectivity index (χ3v) is 5.09. The lowest BCUT2D eigenvalue weighted by Crippen LogP contribution is -2.45. The molecule has 2 amide bonds. The number of likely N-dealkylation sites (N-methyl/N-ethyl adjacent to an activating group) is 2. The molecule has 0 atom stereocenters. The van der Waals surface area contributed by atoms with E-state index in [1.807, 2.05) is 32.2 Å². The van der Waals surface area contributed by atoms with Gasteiger partial charge in [0.15, 0.2) is 0 Å². The highest BCUT2D eigenvalue weighted by atomic mass is 16.5. The summed E-state index contributed by atoms with van der Waals surface area (Å²) in [6.45, 7) is 5.88. The van der Waals surface area contributed by atoms with Crippen LogP contribution in [-0.4, -0.2) is 81.2 Å². The molecule has 1 aromatic carbocycles. The number of methoxy groups -OCH3 is 1. The summed E-state index contributed by atoms with van der Waals surface area (Å²) in [5.41, 5.74) is 1.80. The summed E-state index contributed by atoms with van der Waals surface area (Å²) in [7, 11) is 7.83. The number of rotatable bonds is 6. The molecule has 0 bridgehead atoms. The van der Waals surface area contributed by atoms with Crippen LogP contribution in [0.1, 0.15) is 18.4 Å². The molecule has 0 radical (unpaired) electrons. The van der Waals surface area contributed by atoms with Crippen LogP contribution >= 0.6 is 0 Å². The molecule has 1 saturated heterocycles. The molecule has 1 aliphatic rings. The van der Waals surface area contributed by atoms with Gasteiger partial charge in [-0.05, 0) is 70.7 Å². The topological polar surface area (TPSA) is 48.1 Å². The minimum atomic E-state index is -0.0821. The van der Waals surface area contributed by atoms with E-state index in [2.05, 4.69) is 29.2 Å². The summed E-state index contributed by atoms with van der Waals surface area (Å²) >= 11 is 0. The highest BCUT2D eigenvalue weighted by Gasteiger charge is 2.21. The van der Waals surface area contributed by atoms with Crippen molar-refractivity contribution in [3.8, 4) is 5.75 Å². The van der Waals surface area contributed by atoms with Crippen LogP contribution in [0, 0.1) is 6.92 Å². The molecule has 0 saturated carbocycles. The lowest BCUT2D eigenvalue weighted by Gasteiger charge is -2.35. The van der Waals surface area contributed by atoms with Gasteiger partial charge in [0.1, 0.15) is 5.75 Å². The predicted octanol–water partition coefficient (Wildman–Crippen LogP) is 2.49. The summed E-state index contributed by atoms with van der Waals surface area (Å²) in [6.07, 6.45) is 2.40. The molecular weight excluding hydrogens is 316 g/mol. The Morgan fingerprint density at radius 2 is 1.96 bits per heavy atom. The smallest absolute Gasteiger partial charge is 0.321 e. The zero-order valence-electron chi connectivity index (χ0n) is 16.2. The molecule has 1 fully saturated rings. The van der Waals surface area contributed by atoms with Crippen molar-refractivity contribution in [2.24, 2.45) is 0 Å². The van der Waals surface area contributed by atoms with Gasteiger partial charge in [0.2, 0.25) is 0 Å². The number of likely N-dealkylation sites (tertiary alicyclic amines) is 1. The molecule has 0 unspecified atom stereocenters. The standard InChI is InChI=1S/C19H32N4O2/c1-15-14-16(6-7-18(15)25-5)20-19(24)23(4)13-12-22(3)17-8-10-21(2)11-9-17/h6-7,14,17H,8-13H2,1-5H3,(H,20,24). The zero-order valence-corrected chi connectivity index (χ0v) is 16.2. The van der Waals surface area contributed by atoms with Crippen LogP contribution in [0.3, 0.4) is 0 Å². The molecule has 25 heavy (non-hydrogen) atoms. The predicted molar refractivity (Wildman–Crippen MR) is 103 cm³/mol. The van der Waals surface area contributed by atoms with Crippen molar-refractivity contribution >= 4 is 11.7 Å². The average molecular weight is 348 g/mol. The number of piperidine rings is 1. The van der Waals surface area contributed by atoms with Crippen LogP contribution in [0.4, 0.5) is 10.5 Å². The first-order chi connectivity index (χ1) is 11.9. The van der Waals surface area contributed by atoms with Crippen LogP contribution in [-0.2, 0) is 0 Å². The van der Waals surface area contributed by atoms with E-state index in [9.17, 15) is 4.79 Å². The van der Waals surface area contributed by atoms with Crippen molar-refractivity contribution < 1.29 is 9.53 Å². The van der Waals surface area contributed by atoms with Crippen LogP contribution in [0.5, 0.6) is 5.75 Å². The highest BCUT2D eigenvalue weighted by Crippen LogP contribution is 2.21. The molecule has 0 aliphatic carbocycles. The van der Waals surface area contributed by atoms with E-state index >= 15 is 0 Å². The molecule has 0 aromatic heterocycles. The maximum atomic E-state index is 12.4. The molecule has 1 aromatic rings. The Balaban J connectivity index is 1.79. The number of anilines is 1. The Morgan fingerprint density at radius 1 is 1.28 bits per heavy atom. The van der Waals surface area contributed by atoms with Gasteiger partial charge >= 0.3 is 6.03 Å². The normalized spacial score (nSPS) is 16.1. The van der Waals surface area contributed by atoms with Gasteiger partial charge in [-0.3, -0.25) is 0 Å². The minimum absolute atomic E-state index is 0.0821. The second-order valence-electron chi connectivity index (χ2n) is 7.05. The first-order valence-electron chi connectivity index (χ1n) is 8.96. The van der Waals surface area contributed by atoms with E-state index in [0.717, 1.165) is 36.6 Å². The number of urea groups is 1. The summed E-state index contributed by atoms with van der Waals surface area (Å²) in [6, 6.07) is 6.20. The average Bonchev–Trinajstić information content (AvgIpc) is 2.60. The number of nitrogens with zero attached hydrogens (tertiary/aromatic N) is 3. The van der Waals surface area contributed by atoms with Crippen molar-refractivity contribution in [3.63, 3.8) is 0 Å². The molecule has 1 aliphatic heterocycles. The van der Waals surface area contributed by atoms with E-state index in [1.54, 1.807) is 12.0 Å². The summed E-state index contributed by atoms with van der Waals surface area (Å²) in [5.74, 6) is 0.825. The Labute approximate surface area is 151 Å².